The van der Waals surface area contributed by atoms with Crippen molar-refractivity contribution in [2.24, 2.45) is 55.4 Å². The molecule has 1 saturated heterocycles. The van der Waals surface area contributed by atoms with Gasteiger partial charge in [-0.1, -0.05) is 77.0 Å². The Bertz CT molecular complexity index is 1370. The van der Waals surface area contributed by atoms with Crippen molar-refractivity contribution in [2.45, 2.75) is 113 Å². The second-order valence-electron chi connectivity index (χ2n) is 17.1. The lowest BCUT2D eigenvalue weighted by molar-refractivity contribution is -0.181. The average molecular weight is 641 g/mol. The third kappa shape index (κ3) is 4.70. The summed E-state index contributed by atoms with van der Waals surface area (Å²) in [6.07, 6.45) is 12.4. The molecule has 6 aliphatic rings. The predicted molar refractivity (Wildman–Crippen MR) is 174 cm³/mol. The zero-order valence-corrected chi connectivity index (χ0v) is 29.4. The molecule has 0 N–H and O–H groups in total. The highest BCUT2D eigenvalue weighted by Crippen LogP contribution is 2.75. The number of hydrogen-bond donors (Lipinski definition) is 0. The number of fused-ring (bicyclic) bond motifs is 7. The summed E-state index contributed by atoms with van der Waals surface area (Å²) in [4.78, 5) is 56.3. The number of hydrogen-bond acceptors (Lipinski definition) is 8. The van der Waals surface area contributed by atoms with Crippen molar-refractivity contribution in [3.05, 3.63) is 11.6 Å². The molecule has 8 nitrogen and oxygen atoms in total. The van der Waals surface area contributed by atoms with Crippen LogP contribution in [-0.2, 0) is 24.0 Å². The Morgan fingerprint density at radius 2 is 1.69 bits per heavy atom. The molecule has 5 fully saturated rings. The average Bonchev–Trinajstić information content (AvgIpc) is 3.28. The third-order valence-electron chi connectivity index (χ3n) is 14.4. The Kier molecular flexibility index (Phi) is 7.78. The Labute approximate surface area is 272 Å². The molecule has 4 saturated carbocycles. The van der Waals surface area contributed by atoms with Gasteiger partial charge in [-0.25, -0.2) is 4.79 Å². The molecule has 0 aromatic heterocycles. The SMILES string of the molecule is COC(=O)[C@]12CCC(C)(C)C[C@@H]1C1=CC[C@@H]3[C@@]4(C)CC/C(=N/OC(=O)CN5C(=O)CSC5=O)C(C)(C)[C@H]4CC[C@@]3(C)[C@]1(C)CC2. The number of imide groups is 1. The number of ether oxygens (including phenoxy) is 1. The molecule has 1 aliphatic heterocycles. The number of methoxy groups -OCH3 is 1. The van der Waals surface area contributed by atoms with Crippen LogP contribution in [0.5, 0.6) is 0 Å². The van der Waals surface area contributed by atoms with Crippen LogP contribution in [0.15, 0.2) is 16.8 Å². The van der Waals surface area contributed by atoms with Crippen molar-refractivity contribution < 1.29 is 28.8 Å². The zero-order chi connectivity index (χ0) is 32.8. The van der Waals surface area contributed by atoms with Gasteiger partial charge in [0.1, 0.15) is 6.54 Å². The topological polar surface area (TPSA) is 102 Å². The minimum absolute atomic E-state index is 0.00652. The number of carbonyl (C=O) groups is 4. The molecule has 1 heterocycles. The van der Waals surface area contributed by atoms with Crippen molar-refractivity contribution in [3.63, 3.8) is 0 Å². The van der Waals surface area contributed by atoms with Crippen molar-refractivity contribution in [1.29, 1.82) is 0 Å². The molecule has 2 amide bonds. The van der Waals surface area contributed by atoms with Gasteiger partial charge in [0.05, 0.1) is 24.0 Å². The van der Waals surface area contributed by atoms with Gasteiger partial charge in [0.15, 0.2) is 0 Å². The van der Waals surface area contributed by atoms with E-state index in [1.54, 1.807) is 7.11 Å². The van der Waals surface area contributed by atoms with Gasteiger partial charge in [-0.15, -0.1) is 0 Å². The highest BCUT2D eigenvalue weighted by Gasteiger charge is 2.69. The minimum Gasteiger partial charge on any atom is -0.469 e. The van der Waals surface area contributed by atoms with Crippen LogP contribution in [-0.4, -0.2) is 53.1 Å². The summed E-state index contributed by atoms with van der Waals surface area (Å²) >= 11 is 0.905. The van der Waals surface area contributed by atoms with Gasteiger partial charge in [0.2, 0.25) is 5.91 Å². The number of carbonyl (C=O) groups excluding carboxylic acids is 4. The fourth-order valence-corrected chi connectivity index (χ4v) is 12.3. The van der Waals surface area contributed by atoms with Crippen LogP contribution in [0, 0.1) is 50.2 Å². The molecule has 45 heavy (non-hydrogen) atoms. The quantitative estimate of drug-likeness (QED) is 0.135. The number of thioether (sulfide) groups is 1. The first-order chi connectivity index (χ1) is 20.9. The Morgan fingerprint density at radius 1 is 0.978 bits per heavy atom. The number of esters is 1. The van der Waals surface area contributed by atoms with E-state index >= 15 is 0 Å². The lowest BCUT2D eigenvalue weighted by Gasteiger charge is -2.70. The van der Waals surface area contributed by atoms with E-state index < -0.39 is 23.2 Å². The van der Waals surface area contributed by atoms with E-state index in [1.165, 1.54) is 5.57 Å². The summed E-state index contributed by atoms with van der Waals surface area (Å²) in [6, 6.07) is 0. The normalized spacial score (nSPS) is 42.6. The third-order valence-corrected chi connectivity index (χ3v) is 15.3. The van der Waals surface area contributed by atoms with E-state index in [2.05, 4.69) is 59.7 Å². The summed E-state index contributed by atoms with van der Waals surface area (Å²) < 4.78 is 5.52. The molecule has 5 aliphatic carbocycles. The smallest absolute Gasteiger partial charge is 0.354 e. The Hall–Kier alpha value is -2.16. The number of allylic oxidation sites excluding steroid dienone is 2. The van der Waals surface area contributed by atoms with Crippen LogP contribution in [0.2, 0.25) is 0 Å². The van der Waals surface area contributed by atoms with Gasteiger partial charge in [0, 0.05) is 5.41 Å². The molecule has 0 radical (unpaired) electrons. The second kappa shape index (κ2) is 10.7. The van der Waals surface area contributed by atoms with Gasteiger partial charge in [-0.3, -0.25) is 19.3 Å². The summed E-state index contributed by atoms with van der Waals surface area (Å²) in [6.45, 7) is 16.4. The van der Waals surface area contributed by atoms with E-state index in [9.17, 15) is 19.2 Å². The van der Waals surface area contributed by atoms with Crippen molar-refractivity contribution >= 4 is 40.6 Å². The zero-order valence-electron chi connectivity index (χ0n) is 28.5. The maximum Gasteiger partial charge on any atom is 0.354 e. The molecule has 0 unspecified atom stereocenters. The van der Waals surface area contributed by atoms with Gasteiger partial charge in [-0.05, 0) is 104 Å². The minimum atomic E-state index is -0.684. The molecule has 0 aromatic carbocycles. The van der Waals surface area contributed by atoms with E-state index in [0.29, 0.717) is 11.8 Å². The fourth-order valence-electron chi connectivity index (χ4n) is 11.6. The lowest BCUT2D eigenvalue weighted by Crippen LogP contribution is -2.64. The van der Waals surface area contributed by atoms with Gasteiger partial charge < -0.3 is 9.57 Å². The standard InChI is InChI=1S/C36H52N2O6S/c1-31(2)15-17-36(29(41)43-8)18-16-34(6)22(23(36)19-31)9-10-25-33(5)13-12-26(32(3,4)24(33)11-14-35(25,34)7)37-44-28(40)20-38-27(39)21-45-30(38)42/h9,23-25H,10-21H2,1-8H3/b37-26-/t23-,24-,25-,33+,34-,35-,36+/m1/s1. The van der Waals surface area contributed by atoms with Crippen LogP contribution in [0.4, 0.5) is 4.79 Å². The summed E-state index contributed by atoms with van der Waals surface area (Å²) in [5.41, 5.74) is 2.17. The van der Waals surface area contributed by atoms with Gasteiger partial charge in [0.25, 0.3) is 5.24 Å². The summed E-state index contributed by atoms with van der Waals surface area (Å²) in [5.74, 6) is 0.105. The molecule has 9 heteroatoms. The van der Waals surface area contributed by atoms with E-state index in [4.69, 9.17) is 9.57 Å². The van der Waals surface area contributed by atoms with Crippen molar-refractivity contribution in [1.82, 2.24) is 4.90 Å². The first-order valence-corrected chi connectivity index (χ1v) is 18.0. The first kappa shape index (κ1) is 32.8. The van der Waals surface area contributed by atoms with E-state index in [0.717, 1.165) is 86.6 Å². The lowest BCUT2D eigenvalue weighted by atomic mass is 9.33. The molecule has 6 rings (SSSR count). The number of amides is 2. The first-order valence-electron chi connectivity index (χ1n) is 17.0. The van der Waals surface area contributed by atoms with Crippen LogP contribution in [0.25, 0.3) is 0 Å². The maximum atomic E-state index is 13.5. The molecule has 0 aromatic rings. The summed E-state index contributed by atoms with van der Waals surface area (Å²) in [7, 11) is 1.56. The summed E-state index contributed by atoms with van der Waals surface area (Å²) in [5, 5.41) is 3.98. The van der Waals surface area contributed by atoms with E-state index in [-0.39, 0.29) is 50.6 Å². The van der Waals surface area contributed by atoms with Crippen LogP contribution < -0.4 is 0 Å². The van der Waals surface area contributed by atoms with Crippen molar-refractivity contribution in [2.75, 3.05) is 19.4 Å². The number of rotatable bonds is 4. The van der Waals surface area contributed by atoms with Gasteiger partial charge in [-0.2, -0.15) is 0 Å². The van der Waals surface area contributed by atoms with Gasteiger partial charge >= 0.3 is 11.9 Å². The number of nitrogens with zero attached hydrogens (tertiary/aromatic N) is 2. The molecule has 7 atom stereocenters. The molecule has 0 bridgehead atoms. The molecule has 248 valence electrons. The number of oxime groups is 1. The fraction of sp³-hybridized carbons (Fsp3) is 0.806. The van der Waals surface area contributed by atoms with Crippen molar-refractivity contribution in [3.8, 4) is 0 Å². The monoisotopic (exact) mass is 640 g/mol. The highest BCUT2D eigenvalue weighted by molar-refractivity contribution is 8.14. The molecular formula is C36H52N2O6S. The van der Waals surface area contributed by atoms with Crippen LogP contribution >= 0.6 is 11.8 Å². The molecule has 0 spiro atoms. The maximum absolute atomic E-state index is 13.5. The molecular weight excluding hydrogens is 588 g/mol. The Morgan fingerprint density at radius 3 is 2.36 bits per heavy atom. The van der Waals surface area contributed by atoms with Crippen LogP contribution in [0.3, 0.4) is 0 Å². The highest BCUT2D eigenvalue weighted by atomic mass is 32.2. The van der Waals surface area contributed by atoms with E-state index in [1.807, 2.05) is 0 Å². The second-order valence-corrected chi connectivity index (χ2v) is 18.0. The largest absolute Gasteiger partial charge is 0.469 e. The Balaban J connectivity index is 1.27. The predicted octanol–water partition coefficient (Wildman–Crippen LogP) is 7.56. The van der Waals surface area contributed by atoms with Crippen LogP contribution in [0.1, 0.15) is 113 Å².